The second kappa shape index (κ2) is 6.61. The van der Waals surface area contributed by atoms with Gasteiger partial charge in [-0.2, -0.15) is 0 Å². The lowest BCUT2D eigenvalue weighted by Crippen LogP contribution is -2.09. The molecule has 2 heterocycles. The van der Waals surface area contributed by atoms with E-state index in [-0.39, 0.29) is 17.1 Å². The number of fused-ring (bicyclic) bond motifs is 1. The number of rotatable bonds is 3. The molecule has 0 aliphatic rings. The zero-order valence-corrected chi connectivity index (χ0v) is 15.5. The van der Waals surface area contributed by atoms with Crippen LogP contribution in [-0.4, -0.2) is 18.1 Å². The summed E-state index contributed by atoms with van der Waals surface area (Å²) < 4.78 is 19.1. The summed E-state index contributed by atoms with van der Waals surface area (Å²) in [5, 5.41) is 0.764. The molecular formula is C18H16ClFN2O2S. The van der Waals surface area contributed by atoms with Crippen molar-refractivity contribution in [3.63, 3.8) is 0 Å². The van der Waals surface area contributed by atoms with Crippen molar-refractivity contribution in [2.24, 2.45) is 0 Å². The van der Waals surface area contributed by atoms with E-state index >= 15 is 0 Å². The predicted molar refractivity (Wildman–Crippen MR) is 99.6 cm³/mol. The Morgan fingerprint density at radius 1 is 1.40 bits per heavy atom. The van der Waals surface area contributed by atoms with Gasteiger partial charge in [-0.05, 0) is 37.1 Å². The van der Waals surface area contributed by atoms with Crippen molar-refractivity contribution in [3.8, 4) is 11.1 Å². The lowest BCUT2D eigenvalue weighted by molar-refractivity contribution is -0.139. The number of thiophene rings is 1. The summed E-state index contributed by atoms with van der Waals surface area (Å²) >= 11 is 7.78. The Kier molecular flexibility index (Phi) is 4.67. The van der Waals surface area contributed by atoms with Crippen LogP contribution in [0, 0.1) is 19.7 Å². The first-order valence-electron chi connectivity index (χ1n) is 7.53. The van der Waals surface area contributed by atoms with Crippen molar-refractivity contribution >= 4 is 44.8 Å². The zero-order chi connectivity index (χ0) is 18.3. The minimum Gasteiger partial charge on any atom is -0.469 e. The number of halogens is 2. The largest absolute Gasteiger partial charge is 0.469 e. The summed E-state index contributed by atoms with van der Waals surface area (Å²) in [7, 11) is 1.33. The van der Waals surface area contributed by atoms with Crippen molar-refractivity contribution in [2.75, 3.05) is 12.8 Å². The van der Waals surface area contributed by atoms with Crippen molar-refractivity contribution < 1.29 is 13.9 Å². The van der Waals surface area contributed by atoms with Crippen LogP contribution in [0.2, 0.25) is 5.02 Å². The molecule has 130 valence electrons. The first-order chi connectivity index (χ1) is 11.8. The molecule has 0 unspecified atom stereocenters. The molecule has 0 saturated heterocycles. The SMILES string of the molecule is COC(=O)Cc1c(C)nc2sc(C)cc2c1-c1ccc(N)c(F)c1Cl. The molecule has 3 aromatic rings. The highest BCUT2D eigenvalue weighted by atomic mass is 35.5. The molecule has 0 radical (unpaired) electrons. The lowest BCUT2D eigenvalue weighted by Gasteiger charge is -2.15. The molecule has 2 N–H and O–H groups in total. The smallest absolute Gasteiger partial charge is 0.310 e. The number of carbonyl (C=O) groups is 1. The van der Waals surface area contributed by atoms with Gasteiger partial charge in [-0.3, -0.25) is 4.79 Å². The van der Waals surface area contributed by atoms with E-state index in [4.69, 9.17) is 22.1 Å². The van der Waals surface area contributed by atoms with Gasteiger partial charge >= 0.3 is 5.97 Å². The molecule has 4 nitrogen and oxygen atoms in total. The summed E-state index contributed by atoms with van der Waals surface area (Å²) in [5.74, 6) is -1.07. The van der Waals surface area contributed by atoms with Gasteiger partial charge in [0, 0.05) is 21.5 Å². The van der Waals surface area contributed by atoms with Gasteiger partial charge in [0.25, 0.3) is 0 Å². The van der Waals surface area contributed by atoms with Gasteiger partial charge in [0.1, 0.15) is 4.83 Å². The van der Waals surface area contributed by atoms with Crippen LogP contribution < -0.4 is 5.73 Å². The van der Waals surface area contributed by atoms with Gasteiger partial charge in [0.15, 0.2) is 5.82 Å². The van der Waals surface area contributed by atoms with Gasteiger partial charge < -0.3 is 10.5 Å². The Morgan fingerprint density at radius 3 is 2.80 bits per heavy atom. The van der Waals surface area contributed by atoms with Crippen molar-refractivity contribution in [1.29, 1.82) is 0 Å². The number of methoxy groups -OCH3 is 1. The predicted octanol–water partition coefficient (Wildman–Crippen LogP) is 4.67. The number of esters is 1. The van der Waals surface area contributed by atoms with Crippen LogP contribution >= 0.6 is 22.9 Å². The fourth-order valence-electron chi connectivity index (χ4n) is 2.83. The summed E-state index contributed by atoms with van der Waals surface area (Å²) in [5.41, 5.74) is 8.12. The highest BCUT2D eigenvalue weighted by Crippen LogP contribution is 2.41. The summed E-state index contributed by atoms with van der Waals surface area (Å²) in [4.78, 5) is 18.4. The lowest BCUT2D eigenvalue weighted by atomic mass is 9.94. The summed E-state index contributed by atoms with van der Waals surface area (Å²) in [6, 6.07) is 5.11. The number of pyridine rings is 1. The average Bonchev–Trinajstić information content (AvgIpc) is 2.93. The Hall–Kier alpha value is -2.18. The minimum atomic E-state index is -0.669. The number of ether oxygens (including phenoxy) is 1. The second-order valence-electron chi connectivity index (χ2n) is 5.71. The third-order valence-corrected chi connectivity index (χ3v) is 5.36. The summed E-state index contributed by atoms with van der Waals surface area (Å²) in [6.45, 7) is 3.79. The number of hydrogen-bond acceptors (Lipinski definition) is 5. The fraction of sp³-hybridized carbons (Fsp3) is 0.222. The highest BCUT2D eigenvalue weighted by molar-refractivity contribution is 7.18. The van der Waals surface area contributed by atoms with Crippen LogP contribution in [0.3, 0.4) is 0 Å². The maximum absolute atomic E-state index is 14.3. The molecule has 7 heteroatoms. The van der Waals surface area contributed by atoms with Gasteiger partial charge in [0.2, 0.25) is 0 Å². The molecule has 3 rings (SSSR count). The Morgan fingerprint density at radius 2 is 2.12 bits per heavy atom. The van der Waals surface area contributed by atoms with E-state index < -0.39 is 11.8 Å². The van der Waals surface area contributed by atoms with Crippen molar-refractivity contribution in [2.45, 2.75) is 20.3 Å². The maximum atomic E-state index is 14.3. The number of nitrogens with two attached hydrogens (primary N) is 1. The third-order valence-electron chi connectivity index (χ3n) is 4.04. The van der Waals surface area contributed by atoms with E-state index in [1.165, 1.54) is 24.5 Å². The van der Waals surface area contributed by atoms with Crippen LogP contribution in [0.25, 0.3) is 21.3 Å². The Balaban J connectivity index is 2.40. The average molecular weight is 379 g/mol. The minimum absolute atomic E-state index is 0.0215. The van der Waals surface area contributed by atoms with Crippen LogP contribution in [0.15, 0.2) is 18.2 Å². The molecule has 0 fully saturated rings. The molecule has 0 atom stereocenters. The number of nitrogen functional groups attached to an aromatic ring is 1. The third kappa shape index (κ3) is 3.07. The summed E-state index contributed by atoms with van der Waals surface area (Å²) in [6.07, 6.45) is 0.0256. The van der Waals surface area contributed by atoms with Crippen molar-refractivity contribution in [3.05, 3.63) is 45.2 Å². The van der Waals surface area contributed by atoms with E-state index in [2.05, 4.69) is 4.98 Å². The molecule has 25 heavy (non-hydrogen) atoms. The first kappa shape index (κ1) is 17.6. The van der Waals surface area contributed by atoms with Gasteiger partial charge in [-0.25, -0.2) is 9.37 Å². The van der Waals surface area contributed by atoms with Crippen LogP contribution in [0.4, 0.5) is 10.1 Å². The topological polar surface area (TPSA) is 65.2 Å². The van der Waals surface area contributed by atoms with E-state index in [1.807, 2.05) is 19.9 Å². The van der Waals surface area contributed by atoms with Crippen LogP contribution in [0.1, 0.15) is 16.1 Å². The quantitative estimate of drug-likeness (QED) is 0.531. The Labute approximate surface area is 153 Å². The molecule has 0 spiro atoms. The fourth-order valence-corrected chi connectivity index (χ4v) is 4.03. The zero-order valence-electron chi connectivity index (χ0n) is 13.9. The van der Waals surface area contributed by atoms with E-state index in [9.17, 15) is 9.18 Å². The molecule has 0 bridgehead atoms. The standard InChI is InChI=1S/C18H16ClFN2O2S/c1-8-6-12-15(10-4-5-13(21)17(20)16(10)19)11(7-14(23)24-3)9(2)22-18(12)25-8/h4-6H,7,21H2,1-3H3. The number of aryl methyl sites for hydroxylation is 2. The highest BCUT2D eigenvalue weighted by Gasteiger charge is 2.22. The first-order valence-corrected chi connectivity index (χ1v) is 8.73. The molecule has 0 amide bonds. The van der Waals surface area contributed by atoms with E-state index in [1.54, 1.807) is 6.07 Å². The Bertz CT molecular complexity index is 1000. The molecule has 0 aliphatic heterocycles. The van der Waals surface area contributed by atoms with Gasteiger partial charge in [0.05, 0.1) is 24.2 Å². The normalized spacial score (nSPS) is 11.1. The van der Waals surface area contributed by atoms with Crippen LogP contribution in [-0.2, 0) is 16.0 Å². The number of carbonyl (C=O) groups excluding carboxylic acids is 1. The van der Waals surface area contributed by atoms with Gasteiger partial charge in [-0.15, -0.1) is 11.3 Å². The number of benzene rings is 1. The molecular weight excluding hydrogens is 363 g/mol. The molecule has 2 aromatic heterocycles. The van der Waals surface area contributed by atoms with E-state index in [0.29, 0.717) is 22.4 Å². The number of anilines is 1. The molecule has 0 aliphatic carbocycles. The van der Waals surface area contributed by atoms with Crippen molar-refractivity contribution in [1.82, 2.24) is 4.98 Å². The van der Waals surface area contributed by atoms with Crippen LogP contribution in [0.5, 0.6) is 0 Å². The molecule has 0 saturated carbocycles. The van der Waals surface area contributed by atoms with E-state index in [0.717, 1.165) is 15.1 Å². The number of nitrogens with zero attached hydrogens (tertiary/aromatic N) is 1. The monoisotopic (exact) mass is 378 g/mol. The van der Waals surface area contributed by atoms with Gasteiger partial charge in [-0.1, -0.05) is 17.7 Å². The number of hydrogen-bond donors (Lipinski definition) is 1. The molecule has 1 aromatic carbocycles. The number of aromatic nitrogens is 1. The second-order valence-corrected chi connectivity index (χ2v) is 7.32. The maximum Gasteiger partial charge on any atom is 0.310 e.